The molecule has 0 aliphatic carbocycles. The van der Waals surface area contributed by atoms with Crippen LogP contribution in [-0.4, -0.2) is 35.7 Å². The molecule has 1 atom stereocenters. The van der Waals surface area contributed by atoms with Crippen molar-refractivity contribution in [2.75, 3.05) is 18.4 Å². The van der Waals surface area contributed by atoms with Crippen molar-refractivity contribution >= 4 is 11.8 Å². The predicted molar refractivity (Wildman–Crippen MR) is 76.3 cm³/mol. The third-order valence-corrected chi connectivity index (χ3v) is 2.98. The van der Waals surface area contributed by atoms with Gasteiger partial charge in [0.15, 0.2) is 0 Å². The highest BCUT2D eigenvalue weighted by molar-refractivity contribution is 5.68. The van der Waals surface area contributed by atoms with E-state index in [-0.39, 0.29) is 6.09 Å². The number of nitrogens with zero attached hydrogens (tertiary/aromatic N) is 1. The van der Waals surface area contributed by atoms with Crippen molar-refractivity contribution in [3.05, 3.63) is 30.3 Å². The van der Waals surface area contributed by atoms with E-state index in [1.165, 1.54) is 0 Å². The second-order valence-electron chi connectivity index (χ2n) is 5.92. The van der Waals surface area contributed by atoms with Crippen LogP contribution in [0.25, 0.3) is 0 Å². The highest BCUT2D eigenvalue weighted by atomic mass is 16.6. The van der Waals surface area contributed by atoms with Crippen molar-refractivity contribution in [3.8, 4) is 0 Å². The number of ether oxygens (including phenoxy) is 1. The Bertz CT molecular complexity index is 426. The molecule has 0 saturated carbocycles. The molecule has 1 aromatic rings. The molecule has 4 nitrogen and oxygen atoms in total. The fraction of sp³-hybridized carbons (Fsp3) is 0.533. The molecule has 0 radical (unpaired) electrons. The standard InChI is InChI=1S/C15H22N2O2/c1-15(2,3)19-14(18)17-10-9-13(11-17)16-12-7-5-4-6-8-12/h4-8,13,16H,9-11H2,1-3H3/t13-/m0/s1. The molecule has 2 rings (SSSR count). The van der Waals surface area contributed by atoms with Gasteiger partial charge in [-0.25, -0.2) is 4.79 Å². The van der Waals surface area contributed by atoms with Crippen molar-refractivity contribution in [2.45, 2.75) is 38.8 Å². The molecule has 1 saturated heterocycles. The van der Waals surface area contributed by atoms with Crippen LogP contribution in [0, 0.1) is 0 Å². The third kappa shape index (κ3) is 4.16. The highest BCUT2D eigenvalue weighted by Gasteiger charge is 2.29. The van der Waals surface area contributed by atoms with E-state index in [0.29, 0.717) is 12.6 Å². The summed E-state index contributed by atoms with van der Waals surface area (Å²) in [4.78, 5) is 13.7. The summed E-state index contributed by atoms with van der Waals surface area (Å²) in [5.74, 6) is 0. The summed E-state index contributed by atoms with van der Waals surface area (Å²) in [6, 6.07) is 10.4. The topological polar surface area (TPSA) is 41.6 Å². The smallest absolute Gasteiger partial charge is 0.410 e. The van der Waals surface area contributed by atoms with Crippen molar-refractivity contribution < 1.29 is 9.53 Å². The van der Waals surface area contributed by atoms with Crippen LogP contribution >= 0.6 is 0 Å². The van der Waals surface area contributed by atoms with Gasteiger partial charge in [0.05, 0.1) is 0 Å². The average molecular weight is 262 g/mol. The molecule has 1 heterocycles. The number of nitrogens with one attached hydrogen (secondary N) is 1. The zero-order chi connectivity index (χ0) is 13.9. The van der Waals surface area contributed by atoms with E-state index in [2.05, 4.69) is 5.32 Å². The number of rotatable bonds is 2. The molecule has 1 fully saturated rings. The lowest BCUT2D eigenvalue weighted by Crippen LogP contribution is -2.36. The van der Waals surface area contributed by atoms with Gasteiger partial charge in [-0.05, 0) is 39.3 Å². The highest BCUT2D eigenvalue weighted by Crippen LogP contribution is 2.18. The number of para-hydroxylation sites is 1. The van der Waals surface area contributed by atoms with Gasteiger partial charge in [0.25, 0.3) is 0 Å². The maximum absolute atomic E-state index is 11.9. The number of hydrogen-bond acceptors (Lipinski definition) is 3. The first-order valence-corrected chi connectivity index (χ1v) is 6.73. The van der Waals surface area contributed by atoms with E-state index in [9.17, 15) is 4.79 Å². The molecule has 1 aliphatic heterocycles. The number of likely N-dealkylation sites (tertiary alicyclic amines) is 1. The molecule has 1 N–H and O–H groups in total. The lowest BCUT2D eigenvalue weighted by Gasteiger charge is -2.24. The van der Waals surface area contributed by atoms with E-state index < -0.39 is 5.60 Å². The van der Waals surface area contributed by atoms with Crippen molar-refractivity contribution in [1.29, 1.82) is 0 Å². The molecule has 104 valence electrons. The Morgan fingerprint density at radius 3 is 2.63 bits per heavy atom. The second-order valence-corrected chi connectivity index (χ2v) is 5.92. The van der Waals surface area contributed by atoms with Gasteiger partial charge in [-0.1, -0.05) is 18.2 Å². The molecule has 0 spiro atoms. The van der Waals surface area contributed by atoms with Crippen molar-refractivity contribution in [2.24, 2.45) is 0 Å². The average Bonchev–Trinajstić information content (AvgIpc) is 2.77. The van der Waals surface area contributed by atoms with E-state index >= 15 is 0 Å². The summed E-state index contributed by atoms with van der Waals surface area (Å²) in [5.41, 5.74) is 0.667. The zero-order valence-corrected chi connectivity index (χ0v) is 11.8. The minimum absolute atomic E-state index is 0.218. The first-order valence-electron chi connectivity index (χ1n) is 6.73. The molecule has 0 unspecified atom stereocenters. The molecular weight excluding hydrogens is 240 g/mol. The van der Waals surface area contributed by atoms with Crippen molar-refractivity contribution in [3.63, 3.8) is 0 Å². The number of anilines is 1. The Morgan fingerprint density at radius 2 is 2.00 bits per heavy atom. The lowest BCUT2D eigenvalue weighted by molar-refractivity contribution is 0.0293. The van der Waals surface area contributed by atoms with E-state index in [4.69, 9.17) is 4.74 Å². The fourth-order valence-corrected chi connectivity index (χ4v) is 2.14. The normalized spacial score (nSPS) is 19.3. The summed E-state index contributed by atoms with van der Waals surface area (Å²) in [7, 11) is 0. The van der Waals surface area contributed by atoms with Crippen molar-refractivity contribution in [1.82, 2.24) is 4.90 Å². The van der Waals surface area contributed by atoms with E-state index in [0.717, 1.165) is 18.7 Å². The number of carbonyl (C=O) groups is 1. The Labute approximate surface area is 114 Å². The maximum Gasteiger partial charge on any atom is 0.410 e. The first-order chi connectivity index (χ1) is 8.94. The summed E-state index contributed by atoms with van der Waals surface area (Å²) in [5, 5.41) is 3.44. The summed E-state index contributed by atoms with van der Waals surface area (Å²) < 4.78 is 5.38. The first kappa shape index (κ1) is 13.7. The Hall–Kier alpha value is -1.71. The third-order valence-electron chi connectivity index (χ3n) is 2.98. The SMILES string of the molecule is CC(C)(C)OC(=O)N1CC[C@H](Nc2ccccc2)C1. The Balaban J connectivity index is 1.85. The van der Waals surface area contributed by atoms with Crippen LogP contribution in [0.15, 0.2) is 30.3 Å². The monoisotopic (exact) mass is 262 g/mol. The Kier molecular flexibility index (Phi) is 3.98. The second kappa shape index (κ2) is 5.51. The van der Waals surface area contributed by atoms with Crippen LogP contribution in [0.3, 0.4) is 0 Å². The van der Waals surface area contributed by atoms with Gasteiger partial charge in [-0.3, -0.25) is 0 Å². The quantitative estimate of drug-likeness (QED) is 0.890. The summed E-state index contributed by atoms with van der Waals surface area (Å²) >= 11 is 0. The summed E-state index contributed by atoms with van der Waals surface area (Å²) in [6.45, 7) is 7.12. The Morgan fingerprint density at radius 1 is 1.32 bits per heavy atom. The number of carbonyl (C=O) groups excluding carboxylic acids is 1. The van der Waals surface area contributed by atoms with Crippen LogP contribution in [0.1, 0.15) is 27.2 Å². The molecule has 1 aromatic carbocycles. The van der Waals surface area contributed by atoms with Crippen LogP contribution in [-0.2, 0) is 4.74 Å². The molecule has 19 heavy (non-hydrogen) atoms. The van der Waals surface area contributed by atoms with Crippen LogP contribution < -0.4 is 5.32 Å². The van der Waals surface area contributed by atoms with Gasteiger partial charge >= 0.3 is 6.09 Å². The fourth-order valence-electron chi connectivity index (χ4n) is 2.14. The van der Waals surface area contributed by atoms with Gasteiger partial charge in [0.2, 0.25) is 0 Å². The van der Waals surface area contributed by atoms with E-state index in [1.54, 1.807) is 4.90 Å². The van der Waals surface area contributed by atoms with Crippen LogP contribution in [0.4, 0.5) is 10.5 Å². The van der Waals surface area contributed by atoms with Crippen LogP contribution in [0.5, 0.6) is 0 Å². The minimum Gasteiger partial charge on any atom is -0.444 e. The maximum atomic E-state index is 11.9. The number of benzene rings is 1. The predicted octanol–water partition coefficient (Wildman–Crippen LogP) is 3.11. The van der Waals surface area contributed by atoms with Gasteiger partial charge in [0.1, 0.15) is 5.60 Å². The molecule has 0 aromatic heterocycles. The molecule has 4 heteroatoms. The summed E-state index contributed by atoms with van der Waals surface area (Å²) in [6.07, 6.45) is 0.735. The zero-order valence-electron chi connectivity index (χ0n) is 11.8. The largest absolute Gasteiger partial charge is 0.444 e. The minimum atomic E-state index is -0.429. The van der Waals surface area contributed by atoms with Gasteiger partial charge in [0, 0.05) is 24.8 Å². The number of amides is 1. The molecule has 1 amide bonds. The lowest BCUT2D eigenvalue weighted by atomic mass is 10.2. The molecule has 0 bridgehead atoms. The van der Waals surface area contributed by atoms with Gasteiger partial charge in [-0.2, -0.15) is 0 Å². The van der Waals surface area contributed by atoms with Gasteiger partial charge in [-0.15, -0.1) is 0 Å². The van der Waals surface area contributed by atoms with E-state index in [1.807, 2.05) is 51.1 Å². The van der Waals surface area contributed by atoms with Crippen LogP contribution in [0.2, 0.25) is 0 Å². The van der Waals surface area contributed by atoms with Gasteiger partial charge < -0.3 is 15.0 Å². The molecule has 1 aliphatic rings. The number of hydrogen-bond donors (Lipinski definition) is 1. The molecular formula is C15H22N2O2.